The Balaban J connectivity index is 2.30. The van der Waals surface area contributed by atoms with E-state index in [4.69, 9.17) is 23.2 Å². The highest BCUT2D eigenvalue weighted by Crippen LogP contribution is 2.33. The minimum Gasteiger partial charge on any atom is -0.113 e. The highest BCUT2D eigenvalue weighted by molar-refractivity contribution is 6.33. The van der Waals surface area contributed by atoms with Gasteiger partial charge in [0.15, 0.2) is 0 Å². The summed E-state index contributed by atoms with van der Waals surface area (Å²) < 4.78 is 0. The van der Waals surface area contributed by atoms with Crippen LogP contribution >= 0.6 is 23.2 Å². The van der Waals surface area contributed by atoms with E-state index in [9.17, 15) is 0 Å². The quantitative estimate of drug-likeness (QED) is 0.666. The molecule has 0 fully saturated rings. The number of alkyl halides is 1. The second-order valence-corrected chi connectivity index (χ2v) is 4.82. The lowest BCUT2D eigenvalue weighted by atomic mass is 10.0. The van der Waals surface area contributed by atoms with E-state index in [1.54, 1.807) is 0 Å². The number of halogens is 2. The molecule has 0 aliphatic carbocycles. The third-order valence-corrected chi connectivity index (χ3v) is 3.69. The van der Waals surface area contributed by atoms with Gasteiger partial charge in [-0.05, 0) is 29.2 Å². The van der Waals surface area contributed by atoms with Crippen LogP contribution in [0.3, 0.4) is 0 Å². The van der Waals surface area contributed by atoms with Crippen molar-refractivity contribution in [3.63, 3.8) is 0 Å². The van der Waals surface area contributed by atoms with Crippen molar-refractivity contribution in [2.45, 2.75) is 18.7 Å². The van der Waals surface area contributed by atoms with Gasteiger partial charge in [0.25, 0.3) is 0 Å². The van der Waals surface area contributed by atoms with Gasteiger partial charge in [-0.25, -0.2) is 0 Å². The number of aryl methyl sites for hydroxylation is 1. The Labute approximate surface area is 112 Å². The first kappa shape index (κ1) is 12.5. The van der Waals surface area contributed by atoms with Crippen molar-refractivity contribution in [3.05, 3.63) is 70.2 Å². The maximum atomic E-state index is 6.45. The van der Waals surface area contributed by atoms with E-state index >= 15 is 0 Å². The van der Waals surface area contributed by atoms with Crippen molar-refractivity contribution >= 4 is 23.2 Å². The zero-order chi connectivity index (χ0) is 12.3. The van der Waals surface area contributed by atoms with E-state index in [1.807, 2.05) is 24.3 Å². The monoisotopic (exact) mass is 264 g/mol. The van der Waals surface area contributed by atoms with Gasteiger partial charge in [0.2, 0.25) is 0 Å². The molecule has 2 aromatic carbocycles. The van der Waals surface area contributed by atoms with Gasteiger partial charge in [-0.15, -0.1) is 11.6 Å². The first-order chi connectivity index (χ1) is 8.22. The summed E-state index contributed by atoms with van der Waals surface area (Å²) in [7, 11) is 0. The zero-order valence-electron chi connectivity index (χ0n) is 9.66. The van der Waals surface area contributed by atoms with Gasteiger partial charge in [0.1, 0.15) is 0 Å². The molecule has 88 valence electrons. The lowest BCUT2D eigenvalue weighted by Crippen LogP contribution is -1.94. The molecule has 0 amide bonds. The molecule has 2 rings (SSSR count). The summed E-state index contributed by atoms with van der Waals surface area (Å²) in [6, 6.07) is 16.1. The van der Waals surface area contributed by atoms with Crippen LogP contribution in [0.2, 0.25) is 5.02 Å². The largest absolute Gasteiger partial charge is 0.113 e. The summed E-state index contributed by atoms with van der Waals surface area (Å²) in [4.78, 5) is 0. The highest BCUT2D eigenvalue weighted by atomic mass is 35.5. The Morgan fingerprint density at radius 1 is 1.00 bits per heavy atom. The van der Waals surface area contributed by atoms with Gasteiger partial charge >= 0.3 is 0 Å². The van der Waals surface area contributed by atoms with Crippen molar-refractivity contribution in [2.24, 2.45) is 0 Å². The van der Waals surface area contributed by atoms with Crippen molar-refractivity contribution in [1.82, 2.24) is 0 Å². The van der Waals surface area contributed by atoms with Crippen molar-refractivity contribution in [1.29, 1.82) is 0 Å². The topological polar surface area (TPSA) is 0 Å². The van der Waals surface area contributed by atoms with Gasteiger partial charge in [-0.2, -0.15) is 0 Å². The Hall–Kier alpha value is -0.980. The predicted molar refractivity (Wildman–Crippen MR) is 75.0 cm³/mol. The van der Waals surface area contributed by atoms with Crippen LogP contribution in [0.1, 0.15) is 29.0 Å². The molecule has 0 spiro atoms. The molecule has 0 aliphatic heterocycles. The summed E-state index contributed by atoms with van der Waals surface area (Å²) in [5.41, 5.74) is 3.36. The Morgan fingerprint density at radius 3 is 2.24 bits per heavy atom. The van der Waals surface area contributed by atoms with Crippen LogP contribution < -0.4 is 0 Å². The molecule has 0 nitrogen and oxygen atoms in total. The maximum Gasteiger partial charge on any atom is 0.0849 e. The molecular weight excluding hydrogens is 251 g/mol. The number of hydrogen-bond acceptors (Lipinski definition) is 0. The minimum absolute atomic E-state index is 0.186. The van der Waals surface area contributed by atoms with E-state index in [0.717, 1.165) is 17.5 Å². The average molecular weight is 265 g/mol. The van der Waals surface area contributed by atoms with Gasteiger partial charge in [0.05, 0.1) is 5.38 Å². The minimum atomic E-state index is -0.186. The van der Waals surface area contributed by atoms with Crippen molar-refractivity contribution in [2.75, 3.05) is 0 Å². The van der Waals surface area contributed by atoms with Crippen LogP contribution in [0, 0.1) is 0 Å². The SMILES string of the molecule is CCc1ccc(C(Cl)c2ccccc2Cl)cc1. The molecule has 0 aromatic heterocycles. The van der Waals surface area contributed by atoms with Crippen LogP contribution in [-0.2, 0) is 6.42 Å². The van der Waals surface area contributed by atoms with Crippen LogP contribution in [0.15, 0.2) is 48.5 Å². The standard InChI is InChI=1S/C15H14Cl2/c1-2-11-7-9-12(10-8-11)15(17)13-5-3-4-6-14(13)16/h3-10,15H,2H2,1H3. The normalized spacial score (nSPS) is 12.4. The van der Waals surface area contributed by atoms with Crippen LogP contribution in [0.25, 0.3) is 0 Å². The first-order valence-electron chi connectivity index (χ1n) is 5.69. The smallest absolute Gasteiger partial charge is 0.0849 e. The summed E-state index contributed by atoms with van der Waals surface area (Å²) >= 11 is 12.6. The molecule has 0 saturated carbocycles. The molecule has 0 radical (unpaired) electrons. The third-order valence-electron chi connectivity index (χ3n) is 2.86. The van der Waals surface area contributed by atoms with Gasteiger partial charge in [0, 0.05) is 5.02 Å². The number of benzene rings is 2. The summed E-state index contributed by atoms with van der Waals surface area (Å²) in [5.74, 6) is 0. The average Bonchev–Trinajstić information content (AvgIpc) is 2.39. The third kappa shape index (κ3) is 2.83. The van der Waals surface area contributed by atoms with Gasteiger partial charge < -0.3 is 0 Å². The lowest BCUT2D eigenvalue weighted by Gasteiger charge is -2.12. The Morgan fingerprint density at radius 2 is 1.65 bits per heavy atom. The van der Waals surface area contributed by atoms with E-state index in [-0.39, 0.29) is 5.38 Å². The molecule has 1 atom stereocenters. The van der Waals surface area contributed by atoms with Crippen molar-refractivity contribution < 1.29 is 0 Å². The Kier molecular flexibility index (Phi) is 4.09. The van der Waals surface area contributed by atoms with Crippen LogP contribution in [0.5, 0.6) is 0 Å². The molecule has 2 aromatic rings. The molecule has 1 unspecified atom stereocenters. The van der Waals surface area contributed by atoms with Crippen LogP contribution in [0.4, 0.5) is 0 Å². The highest BCUT2D eigenvalue weighted by Gasteiger charge is 2.13. The van der Waals surface area contributed by atoms with E-state index < -0.39 is 0 Å². The summed E-state index contributed by atoms with van der Waals surface area (Å²) in [6.07, 6.45) is 1.04. The van der Waals surface area contributed by atoms with E-state index in [1.165, 1.54) is 5.56 Å². The zero-order valence-corrected chi connectivity index (χ0v) is 11.2. The fraction of sp³-hybridized carbons (Fsp3) is 0.200. The summed E-state index contributed by atoms with van der Waals surface area (Å²) in [5, 5.41) is 0.529. The van der Waals surface area contributed by atoms with Gasteiger partial charge in [-0.1, -0.05) is 61.0 Å². The molecule has 0 N–H and O–H groups in total. The molecule has 2 heteroatoms. The molecule has 0 heterocycles. The molecule has 17 heavy (non-hydrogen) atoms. The van der Waals surface area contributed by atoms with E-state index in [0.29, 0.717) is 5.02 Å². The van der Waals surface area contributed by atoms with E-state index in [2.05, 4.69) is 31.2 Å². The lowest BCUT2D eigenvalue weighted by molar-refractivity contribution is 1.10. The molecule has 0 saturated heterocycles. The predicted octanol–water partition coefficient (Wildman–Crippen LogP) is 5.23. The second kappa shape index (κ2) is 5.57. The fourth-order valence-corrected chi connectivity index (χ4v) is 2.42. The maximum absolute atomic E-state index is 6.45. The van der Waals surface area contributed by atoms with Crippen molar-refractivity contribution in [3.8, 4) is 0 Å². The Bertz CT molecular complexity index is 489. The second-order valence-electron chi connectivity index (χ2n) is 3.98. The fourth-order valence-electron chi connectivity index (χ4n) is 1.78. The first-order valence-corrected chi connectivity index (χ1v) is 6.51. The summed E-state index contributed by atoms with van der Waals surface area (Å²) in [6.45, 7) is 2.14. The molecular formula is C15H14Cl2. The molecule has 0 bridgehead atoms. The van der Waals surface area contributed by atoms with Crippen LogP contribution in [-0.4, -0.2) is 0 Å². The number of hydrogen-bond donors (Lipinski definition) is 0. The molecule has 0 aliphatic rings. The number of rotatable bonds is 3. The van der Waals surface area contributed by atoms with Gasteiger partial charge in [-0.3, -0.25) is 0 Å².